The molecule has 0 bridgehead atoms. The van der Waals surface area contributed by atoms with Crippen LogP contribution in [0.4, 0.5) is 20.3 Å². The van der Waals surface area contributed by atoms with Crippen molar-refractivity contribution in [1.29, 1.82) is 0 Å². The molecule has 4 heterocycles. The largest absolute Gasteiger partial charge is 0.507 e. The van der Waals surface area contributed by atoms with Crippen LogP contribution >= 0.6 is 0 Å². The van der Waals surface area contributed by atoms with Crippen LogP contribution in [0.25, 0.3) is 11.3 Å². The normalized spacial score (nSPS) is 17.1. The first-order valence-corrected chi connectivity index (χ1v) is 12.9. The minimum Gasteiger partial charge on any atom is -0.507 e. The van der Waals surface area contributed by atoms with Crippen LogP contribution in [-0.2, 0) is 11.2 Å². The van der Waals surface area contributed by atoms with E-state index in [9.17, 15) is 14.3 Å². The van der Waals surface area contributed by atoms with E-state index in [0.717, 1.165) is 23.0 Å². The Morgan fingerprint density at radius 2 is 2.03 bits per heavy atom. The second-order valence-electron chi connectivity index (χ2n) is 9.68. The number of benzene rings is 1. The van der Waals surface area contributed by atoms with E-state index in [0.29, 0.717) is 43.3 Å². The van der Waals surface area contributed by atoms with E-state index in [1.807, 2.05) is 36.6 Å². The summed E-state index contributed by atoms with van der Waals surface area (Å²) in [6.45, 7) is 11.1. The number of aromatic nitrogens is 2. The smallest absolute Gasteiger partial charge is 0.246 e. The fourth-order valence-electron chi connectivity index (χ4n) is 5.32. The molecule has 202 valence electrons. The lowest BCUT2D eigenvalue weighted by molar-refractivity contribution is -0.128. The van der Waals surface area contributed by atoms with Gasteiger partial charge >= 0.3 is 0 Å². The van der Waals surface area contributed by atoms with Gasteiger partial charge in [0.25, 0.3) is 0 Å². The Morgan fingerprint density at radius 3 is 2.72 bits per heavy atom. The van der Waals surface area contributed by atoms with Crippen molar-refractivity contribution in [2.45, 2.75) is 33.2 Å². The second-order valence-corrected chi connectivity index (χ2v) is 9.68. The standard InChI is InChI=1S/C29H30F2N6O2/c1-5-22-27(17(3)10-11-32-22)37-16-33-28(36-13-12-35(15-18(36)4)24(39)6-2)19-14-21(31)26(34-29(19)37)25-20(30)8-7-9-23(25)38/h6-11,14,18,38H,2,5,12-13,15-16H2,1,3-4H3/t18-/m0/s1. The molecule has 3 aromatic rings. The summed E-state index contributed by atoms with van der Waals surface area (Å²) in [5, 5.41) is 10.4. The first kappa shape index (κ1) is 26.3. The van der Waals surface area contributed by atoms with Crippen molar-refractivity contribution in [1.82, 2.24) is 19.8 Å². The molecule has 1 amide bonds. The average molecular weight is 533 g/mol. The van der Waals surface area contributed by atoms with Crippen molar-refractivity contribution < 1.29 is 18.7 Å². The highest BCUT2D eigenvalue weighted by atomic mass is 19.1. The molecule has 1 N–H and O–H groups in total. The number of phenolic OH excluding ortho intramolecular Hbond substituents is 1. The molecular weight excluding hydrogens is 502 g/mol. The fraction of sp³-hybridized carbons (Fsp3) is 0.310. The van der Waals surface area contributed by atoms with Gasteiger partial charge in [0, 0.05) is 31.9 Å². The van der Waals surface area contributed by atoms with Gasteiger partial charge in [-0.25, -0.2) is 18.8 Å². The zero-order valence-corrected chi connectivity index (χ0v) is 22.2. The average Bonchev–Trinajstić information content (AvgIpc) is 2.92. The molecular formula is C29H30F2N6O2. The number of carbonyl (C=O) groups excluding carboxylic acids is 1. The number of piperazine rings is 1. The van der Waals surface area contributed by atoms with E-state index in [4.69, 9.17) is 4.99 Å². The number of nitrogens with zero attached hydrogens (tertiary/aromatic N) is 6. The molecule has 5 rings (SSSR count). The molecule has 0 aliphatic carbocycles. The zero-order valence-electron chi connectivity index (χ0n) is 22.2. The Bertz CT molecular complexity index is 1470. The first-order valence-electron chi connectivity index (χ1n) is 12.9. The van der Waals surface area contributed by atoms with Crippen molar-refractivity contribution in [2.24, 2.45) is 4.99 Å². The predicted molar refractivity (Wildman–Crippen MR) is 146 cm³/mol. The third-order valence-corrected chi connectivity index (χ3v) is 7.24. The molecule has 2 aromatic heterocycles. The van der Waals surface area contributed by atoms with Gasteiger partial charge in [-0.3, -0.25) is 9.78 Å². The van der Waals surface area contributed by atoms with E-state index in [1.165, 1.54) is 24.3 Å². The number of fused-ring (bicyclic) bond motifs is 1. The molecule has 0 radical (unpaired) electrons. The minimum atomic E-state index is -0.782. The Hall–Kier alpha value is -4.34. The number of anilines is 2. The summed E-state index contributed by atoms with van der Waals surface area (Å²) in [5.74, 6) is -1.16. The van der Waals surface area contributed by atoms with Gasteiger partial charge in [-0.1, -0.05) is 19.6 Å². The number of aryl methyl sites for hydroxylation is 2. The van der Waals surface area contributed by atoms with E-state index >= 15 is 4.39 Å². The summed E-state index contributed by atoms with van der Waals surface area (Å²) in [6, 6.07) is 6.90. The lowest BCUT2D eigenvalue weighted by Gasteiger charge is -2.43. The highest BCUT2D eigenvalue weighted by molar-refractivity contribution is 6.06. The van der Waals surface area contributed by atoms with Crippen LogP contribution in [0.15, 0.2) is 54.2 Å². The van der Waals surface area contributed by atoms with Gasteiger partial charge in [0.1, 0.15) is 35.6 Å². The van der Waals surface area contributed by atoms with Crippen LogP contribution in [0, 0.1) is 18.6 Å². The first-order chi connectivity index (χ1) is 18.7. The van der Waals surface area contributed by atoms with Gasteiger partial charge in [-0.05, 0) is 56.2 Å². The van der Waals surface area contributed by atoms with Crippen molar-refractivity contribution in [2.75, 3.05) is 31.2 Å². The summed E-state index contributed by atoms with van der Waals surface area (Å²) >= 11 is 0. The summed E-state index contributed by atoms with van der Waals surface area (Å²) in [4.78, 5) is 31.9. The maximum Gasteiger partial charge on any atom is 0.246 e. The van der Waals surface area contributed by atoms with E-state index in [-0.39, 0.29) is 29.9 Å². The van der Waals surface area contributed by atoms with Gasteiger partial charge in [0.05, 0.1) is 22.5 Å². The highest BCUT2D eigenvalue weighted by Gasteiger charge is 2.35. The van der Waals surface area contributed by atoms with Crippen LogP contribution < -0.4 is 4.90 Å². The lowest BCUT2D eigenvalue weighted by atomic mass is 10.0. The van der Waals surface area contributed by atoms with E-state index in [1.54, 1.807) is 11.1 Å². The fourth-order valence-corrected chi connectivity index (χ4v) is 5.32. The van der Waals surface area contributed by atoms with Gasteiger partial charge in [0.2, 0.25) is 5.91 Å². The number of amides is 1. The number of phenols is 1. The van der Waals surface area contributed by atoms with Crippen LogP contribution in [0.3, 0.4) is 0 Å². The van der Waals surface area contributed by atoms with Crippen LogP contribution in [0.2, 0.25) is 0 Å². The molecule has 1 saturated heterocycles. The monoisotopic (exact) mass is 532 g/mol. The summed E-state index contributed by atoms with van der Waals surface area (Å²) < 4.78 is 30.6. The van der Waals surface area contributed by atoms with E-state index < -0.39 is 17.4 Å². The molecule has 39 heavy (non-hydrogen) atoms. The number of rotatable bonds is 4. The third-order valence-electron chi connectivity index (χ3n) is 7.24. The Labute approximate surface area is 225 Å². The molecule has 2 aliphatic rings. The number of hydrogen-bond acceptors (Lipinski definition) is 7. The summed E-state index contributed by atoms with van der Waals surface area (Å²) in [5.41, 5.74) is 2.43. The number of pyridine rings is 2. The third kappa shape index (κ3) is 4.60. The maximum atomic E-state index is 15.7. The van der Waals surface area contributed by atoms with Crippen molar-refractivity contribution in [3.05, 3.63) is 77.6 Å². The number of hydrogen-bond donors (Lipinski definition) is 1. The predicted octanol–water partition coefficient (Wildman–Crippen LogP) is 4.57. The van der Waals surface area contributed by atoms with Crippen LogP contribution in [0.1, 0.15) is 30.7 Å². The number of aliphatic imine (C=N–C) groups is 1. The van der Waals surface area contributed by atoms with Gasteiger partial charge in [0.15, 0.2) is 5.82 Å². The Morgan fingerprint density at radius 1 is 1.23 bits per heavy atom. The molecule has 10 heteroatoms. The molecule has 8 nitrogen and oxygen atoms in total. The molecule has 0 unspecified atom stereocenters. The second kappa shape index (κ2) is 10.4. The van der Waals surface area contributed by atoms with Gasteiger partial charge in [-0.15, -0.1) is 0 Å². The molecule has 1 atom stereocenters. The Balaban J connectivity index is 1.67. The molecule has 0 saturated carbocycles. The molecule has 1 fully saturated rings. The van der Waals surface area contributed by atoms with Gasteiger partial charge in [-0.2, -0.15) is 0 Å². The van der Waals surface area contributed by atoms with Crippen LogP contribution in [-0.4, -0.2) is 69.0 Å². The molecule has 2 aliphatic heterocycles. The number of amidine groups is 1. The number of halogens is 2. The summed E-state index contributed by atoms with van der Waals surface area (Å²) in [7, 11) is 0. The van der Waals surface area contributed by atoms with Crippen LogP contribution in [0.5, 0.6) is 5.75 Å². The zero-order chi connectivity index (χ0) is 27.8. The SMILES string of the molecule is C=CC(=O)N1CCN(C2=NCN(c3c(C)ccnc3CC)c3nc(-c4c(O)cccc4F)c(F)cc32)[C@@H](C)C1. The maximum absolute atomic E-state index is 15.7. The van der Waals surface area contributed by atoms with Gasteiger partial charge < -0.3 is 19.8 Å². The van der Waals surface area contributed by atoms with Crippen molar-refractivity contribution in [3.8, 4) is 17.0 Å². The Kier molecular flexibility index (Phi) is 7.03. The minimum absolute atomic E-state index is 0.106. The quantitative estimate of drug-likeness (QED) is 0.496. The van der Waals surface area contributed by atoms with E-state index in [2.05, 4.69) is 16.5 Å². The topological polar surface area (TPSA) is 85.2 Å². The van der Waals surface area contributed by atoms with Crippen molar-refractivity contribution >= 4 is 23.2 Å². The highest BCUT2D eigenvalue weighted by Crippen LogP contribution is 2.40. The molecule has 1 aromatic carbocycles. The number of aromatic hydroxyl groups is 1. The molecule has 0 spiro atoms. The van der Waals surface area contributed by atoms with Crippen molar-refractivity contribution in [3.63, 3.8) is 0 Å². The lowest BCUT2D eigenvalue weighted by Crippen LogP contribution is -2.56. The summed E-state index contributed by atoms with van der Waals surface area (Å²) in [6.07, 6.45) is 3.69. The number of carbonyl (C=O) groups is 1.